The Balaban J connectivity index is 1.40. The molecular weight excluding hydrogens is 422 g/mol. The molecule has 3 aliphatic heterocycles. The second-order valence-corrected chi connectivity index (χ2v) is 9.60. The first-order valence-electron chi connectivity index (χ1n) is 11.4. The maximum Gasteiger partial charge on any atom is 0.253 e. The fourth-order valence-electron chi connectivity index (χ4n) is 4.80. The van der Waals surface area contributed by atoms with Crippen molar-refractivity contribution in [2.75, 3.05) is 41.7 Å². The lowest BCUT2D eigenvalue weighted by molar-refractivity contribution is -0.121. The second-order valence-electron chi connectivity index (χ2n) is 8.58. The molecule has 0 N–H and O–H groups in total. The van der Waals surface area contributed by atoms with Crippen molar-refractivity contribution < 1.29 is 14.4 Å². The summed E-state index contributed by atoms with van der Waals surface area (Å²) in [5.41, 5.74) is 3.37. The Morgan fingerprint density at radius 1 is 0.906 bits per heavy atom. The van der Waals surface area contributed by atoms with Crippen molar-refractivity contribution >= 4 is 40.9 Å². The molecule has 3 aliphatic rings. The van der Waals surface area contributed by atoms with Crippen molar-refractivity contribution in [3.8, 4) is 0 Å². The molecule has 3 amide bonds. The van der Waals surface area contributed by atoms with Crippen LogP contribution in [-0.2, 0) is 16.0 Å². The topological polar surface area (TPSA) is 60.9 Å². The van der Waals surface area contributed by atoms with Crippen LogP contribution in [0.2, 0.25) is 0 Å². The summed E-state index contributed by atoms with van der Waals surface area (Å²) in [6.45, 7) is 2.20. The van der Waals surface area contributed by atoms with E-state index in [1.807, 2.05) is 35.2 Å². The summed E-state index contributed by atoms with van der Waals surface area (Å²) in [6, 6.07) is 13.5. The number of carbonyl (C=O) groups excluding carboxylic acids is 3. The highest BCUT2D eigenvalue weighted by Gasteiger charge is 2.31. The fourth-order valence-corrected chi connectivity index (χ4v) is 5.72. The molecule has 32 heavy (non-hydrogen) atoms. The van der Waals surface area contributed by atoms with Crippen LogP contribution in [0.4, 0.5) is 11.4 Å². The number of thioether (sulfide) groups is 1. The third-order valence-corrected chi connectivity index (χ3v) is 7.54. The Hall–Kier alpha value is -2.80. The van der Waals surface area contributed by atoms with Gasteiger partial charge in [0.1, 0.15) is 6.54 Å². The first-order valence-corrected chi connectivity index (χ1v) is 12.3. The van der Waals surface area contributed by atoms with Gasteiger partial charge in [0.15, 0.2) is 0 Å². The number of hydrogen-bond donors (Lipinski definition) is 0. The maximum atomic E-state index is 13.3. The minimum atomic E-state index is -0.0938. The number of hydrogen-bond acceptors (Lipinski definition) is 4. The van der Waals surface area contributed by atoms with Gasteiger partial charge >= 0.3 is 0 Å². The number of nitrogens with zero attached hydrogens (tertiary/aromatic N) is 3. The summed E-state index contributed by atoms with van der Waals surface area (Å²) < 4.78 is 0. The molecule has 2 aromatic rings. The first kappa shape index (κ1) is 21.1. The molecule has 166 valence electrons. The predicted octanol–water partition coefficient (Wildman–Crippen LogP) is 3.73. The summed E-state index contributed by atoms with van der Waals surface area (Å²) in [6.07, 6.45) is 5.10. The van der Waals surface area contributed by atoms with Gasteiger partial charge in [0.25, 0.3) is 5.91 Å². The van der Waals surface area contributed by atoms with Crippen LogP contribution in [0.5, 0.6) is 0 Å². The summed E-state index contributed by atoms with van der Waals surface area (Å²) in [5.74, 6) is 0.127. The number of aryl methyl sites for hydroxylation is 1. The molecule has 1 saturated heterocycles. The molecule has 0 radical (unpaired) electrons. The lowest BCUT2D eigenvalue weighted by atomic mass is 10.0. The third kappa shape index (κ3) is 4.01. The second kappa shape index (κ2) is 8.98. The van der Waals surface area contributed by atoms with E-state index in [0.29, 0.717) is 23.5 Å². The minimum Gasteiger partial charge on any atom is -0.339 e. The van der Waals surface area contributed by atoms with E-state index in [2.05, 4.69) is 6.07 Å². The van der Waals surface area contributed by atoms with E-state index in [9.17, 15) is 14.4 Å². The minimum absolute atomic E-state index is 0.00626. The lowest BCUT2D eigenvalue weighted by Crippen LogP contribution is -2.46. The van der Waals surface area contributed by atoms with Gasteiger partial charge in [-0.2, -0.15) is 0 Å². The molecule has 1 fully saturated rings. The van der Waals surface area contributed by atoms with Crippen LogP contribution in [0.15, 0.2) is 47.4 Å². The van der Waals surface area contributed by atoms with E-state index >= 15 is 0 Å². The zero-order chi connectivity index (χ0) is 22.1. The molecule has 5 rings (SSSR count). The van der Waals surface area contributed by atoms with Crippen molar-refractivity contribution in [3.63, 3.8) is 0 Å². The summed E-state index contributed by atoms with van der Waals surface area (Å²) >= 11 is 1.47. The predicted molar refractivity (Wildman–Crippen MR) is 126 cm³/mol. The Bertz CT molecular complexity index is 1060. The molecule has 6 nitrogen and oxygen atoms in total. The highest BCUT2D eigenvalue weighted by Crippen LogP contribution is 2.37. The largest absolute Gasteiger partial charge is 0.339 e. The van der Waals surface area contributed by atoms with Crippen LogP contribution in [0.25, 0.3) is 0 Å². The monoisotopic (exact) mass is 449 g/mol. The molecule has 0 aliphatic carbocycles. The molecule has 0 aromatic heterocycles. The van der Waals surface area contributed by atoms with Gasteiger partial charge in [-0.05, 0) is 61.9 Å². The van der Waals surface area contributed by atoms with Gasteiger partial charge in [0, 0.05) is 35.8 Å². The number of carbonyl (C=O) groups is 3. The maximum absolute atomic E-state index is 13.3. The Labute approximate surface area is 192 Å². The standard InChI is InChI=1S/C25H27N3O3S/c29-23(27-14-6-8-18-7-2-3-9-20(18)27)16-28-21-15-19(10-11-22(21)32-17-24(28)30)25(31)26-12-4-1-5-13-26/h2-3,7,9-11,15H,1,4-6,8,12-14,16-17H2. The average Bonchev–Trinajstić information content (AvgIpc) is 2.85. The van der Waals surface area contributed by atoms with E-state index in [-0.39, 0.29) is 24.3 Å². The summed E-state index contributed by atoms with van der Waals surface area (Å²) in [5, 5.41) is 0. The van der Waals surface area contributed by atoms with E-state index in [1.54, 1.807) is 15.9 Å². The smallest absolute Gasteiger partial charge is 0.253 e. The highest BCUT2D eigenvalue weighted by atomic mass is 32.2. The molecule has 0 spiro atoms. The first-order chi connectivity index (χ1) is 15.6. The van der Waals surface area contributed by atoms with Crippen molar-refractivity contribution in [1.82, 2.24) is 4.90 Å². The van der Waals surface area contributed by atoms with Gasteiger partial charge in [-0.3, -0.25) is 14.4 Å². The zero-order valence-corrected chi connectivity index (χ0v) is 18.9. The number of piperidine rings is 1. The van der Waals surface area contributed by atoms with Crippen LogP contribution in [-0.4, -0.2) is 54.6 Å². The number of likely N-dealkylation sites (tertiary alicyclic amines) is 1. The molecule has 0 atom stereocenters. The number of fused-ring (bicyclic) bond motifs is 2. The Kier molecular flexibility index (Phi) is 5.91. The van der Waals surface area contributed by atoms with Crippen molar-refractivity contribution in [2.24, 2.45) is 0 Å². The Morgan fingerprint density at radius 2 is 1.72 bits per heavy atom. The third-order valence-electron chi connectivity index (χ3n) is 6.50. The molecular formula is C25H27N3O3S. The van der Waals surface area contributed by atoms with Crippen LogP contribution < -0.4 is 9.80 Å². The summed E-state index contributed by atoms with van der Waals surface area (Å²) in [4.78, 5) is 45.4. The molecule has 0 saturated carbocycles. The van der Waals surface area contributed by atoms with E-state index < -0.39 is 0 Å². The van der Waals surface area contributed by atoms with E-state index in [1.165, 1.54) is 17.3 Å². The van der Waals surface area contributed by atoms with Crippen LogP contribution in [0, 0.1) is 0 Å². The summed E-state index contributed by atoms with van der Waals surface area (Å²) in [7, 11) is 0. The molecule has 2 aromatic carbocycles. The van der Waals surface area contributed by atoms with Gasteiger partial charge in [-0.1, -0.05) is 18.2 Å². The van der Waals surface area contributed by atoms with Crippen LogP contribution in [0.3, 0.4) is 0 Å². The molecule has 0 unspecified atom stereocenters. The quantitative estimate of drug-likeness (QED) is 0.716. The molecule has 7 heteroatoms. The van der Waals surface area contributed by atoms with Crippen molar-refractivity contribution in [1.29, 1.82) is 0 Å². The lowest BCUT2D eigenvalue weighted by Gasteiger charge is -2.34. The average molecular weight is 450 g/mol. The van der Waals surface area contributed by atoms with Gasteiger partial charge in [-0.25, -0.2) is 0 Å². The Morgan fingerprint density at radius 3 is 2.56 bits per heavy atom. The molecule has 0 bridgehead atoms. The number of benzene rings is 2. The van der Waals surface area contributed by atoms with Crippen molar-refractivity contribution in [2.45, 2.75) is 37.0 Å². The zero-order valence-electron chi connectivity index (χ0n) is 18.1. The fraction of sp³-hybridized carbons (Fsp3) is 0.400. The van der Waals surface area contributed by atoms with Crippen LogP contribution >= 0.6 is 11.8 Å². The van der Waals surface area contributed by atoms with E-state index in [0.717, 1.165) is 55.8 Å². The van der Waals surface area contributed by atoms with Crippen molar-refractivity contribution in [3.05, 3.63) is 53.6 Å². The SMILES string of the molecule is O=C(c1ccc2c(c1)N(CC(=O)N1CCCc3ccccc31)C(=O)CS2)N1CCCCC1. The van der Waals surface area contributed by atoms with Gasteiger partial charge in [0.05, 0.1) is 11.4 Å². The molecule has 3 heterocycles. The van der Waals surface area contributed by atoms with Gasteiger partial charge in [-0.15, -0.1) is 11.8 Å². The normalized spacial score (nSPS) is 18.2. The number of anilines is 2. The van der Waals surface area contributed by atoms with Gasteiger partial charge < -0.3 is 14.7 Å². The van der Waals surface area contributed by atoms with Gasteiger partial charge in [0.2, 0.25) is 11.8 Å². The number of para-hydroxylation sites is 1. The number of rotatable bonds is 3. The van der Waals surface area contributed by atoms with E-state index in [4.69, 9.17) is 0 Å². The number of amides is 3. The highest BCUT2D eigenvalue weighted by molar-refractivity contribution is 8.00. The van der Waals surface area contributed by atoms with Crippen LogP contribution in [0.1, 0.15) is 41.6 Å².